The molecule has 1 unspecified atom stereocenters. The average molecular weight is 344 g/mol. The highest BCUT2D eigenvalue weighted by Gasteiger charge is 2.32. The van der Waals surface area contributed by atoms with E-state index in [4.69, 9.17) is 0 Å². The quantitative estimate of drug-likeness (QED) is 0.849. The van der Waals surface area contributed by atoms with Gasteiger partial charge in [-0.3, -0.25) is 19.6 Å². The Balaban J connectivity index is 1.72. The lowest BCUT2D eigenvalue weighted by Crippen LogP contribution is -2.32. The van der Waals surface area contributed by atoms with Crippen molar-refractivity contribution in [3.8, 4) is 0 Å². The van der Waals surface area contributed by atoms with Gasteiger partial charge < -0.3 is 10.2 Å². The Kier molecular flexibility index (Phi) is 5.01. The minimum atomic E-state index is -0.124. The first-order chi connectivity index (χ1) is 12.0. The smallest absolute Gasteiger partial charge is 0.229 e. The van der Waals surface area contributed by atoms with Crippen molar-refractivity contribution in [2.45, 2.75) is 45.7 Å². The van der Waals surface area contributed by atoms with Gasteiger partial charge in [0.2, 0.25) is 11.8 Å². The van der Waals surface area contributed by atoms with E-state index in [0.29, 0.717) is 30.2 Å². The van der Waals surface area contributed by atoms with Crippen molar-refractivity contribution >= 4 is 11.8 Å². The minimum Gasteiger partial charge on any atom is -0.351 e. The van der Waals surface area contributed by atoms with E-state index < -0.39 is 0 Å². The summed E-state index contributed by atoms with van der Waals surface area (Å²) in [6, 6.07) is -0.113. The number of rotatable bonds is 5. The zero-order chi connectivity index (χ0) is 17.8. The van der Waals surface area contributed by atoms with Crippen LogP contribution >= 0.6 is 0 Å². The highest BCUT2D eigenvalue weighted by atomic mass is 16.6. The van der Waals surface area contributed by atoms with E-state index in [9.17, 15) is 9.59 Å². The monoisotopic (exact) mass is 344 g/mol. The van der Waals surface area contributed by atoms with Crippen molar-refractivity contribution < 1.29 is 14.2 Å². The topological polar surface area (TPSA) is 114 Å². The van der Waals surface area contributed by atoms with Gasteiger partial charge in [-0.05, 0) is 19.8 Å². The average Bonchev–Trinajstić information content (AvgIpc) is 3.23. The van der Waals surface area contributed by atoms with Crippen LogP contribution in [0.5, 0.6) is 0 Å². The van der Waals surface area contributed by atoms with Crippen LogP contribution in [0.15, 0.2) is 17.0 Å². The number of hydrogen-bond donors (Lipinski definition) is 1. The van der Waals surface area contributed by atoms with E-state index in [0.717, 1.165) is 18.5 Å². The van der Waals surface area contributed by atoms with Crippen LogP contribution in [0.4, 0.5) is 0 Å². The molecular formula is C16H20N6O3. The number of nitrogens with zero attached hydrogens (tertiary/aromatic N) is 5. The van der Waals surface area contributed by atoms with Crippen molar-refractivity contribution in [1.29, 1.82) is 0 Å². The predicted molar refractivity (Wildman–Crippen MR) is 86.0 cm³/mol. The third-order valence-electron chi connectivity index (χ3n) is 4.20. The maximum atomic E-state index is 12.7. The summed E-state index contributed by atoms with van der Waals surface area (Å²) < 4.78 is 4.65. The van der Waals surface area contributed by atoms with Crippen LogP contribution in [-0.4, -0.2) is 43.5 Å². The van der Waals surface area contributed by atoms with Gasteiger partial charge in [-0.1, -0.05) is 10.3 Å². The maximum Gasteiger partial charge on any atom is 0.229 e. The lowest BCUT2D eigenvalue weighted by atomic mass is 10.1. The van der Waals surface area contributed by atoms with E-state index in [1.807, 2.05) is 0 Å². The molecule has 9 heteroatoms. The number of hydrogen-bond acceptors (Lipinski definition) is 7. The third kappa shape index (κ3) is 3.98. The summed E-state index contributed by atoms with van der Waals surface area (Å²) in [7, 11) is 0. The van der Waals surface area contributed by atoms with Crippen LogP contribution in [0.25, 0.3) is 0 Å². The van der Waals surface area contributed by atoms with Gasteiger partial charge in [-0.2, -0.15) is 0 Å². The Labute approximate surface area is 144 Å². The van der Waals surface area contributed by atoms with Crippen LogP contribution in [0, 0.1) is 6.92 Å². The number of aryl methyl sites for hydroxylation is 1. The molecule has 0 spiro atoms. The zero-order valence-electron chi connectivity index (χ0n) is 14.2. The van der Waals surface area contributed by atoms with Gasteiger partial charge in [0.1, 0.15) is 11.4 Å². The fourth-order valence-electron chi connectivity index (χ4n) is 2.91. The molecule has 132 valence electrons. The van der Waals surface area contributed by atoms with Crippen molar-refractivity contribution in [3.05, 3.63) is 35.2 Å². The molecule has 2 amide bonds. The molecule has 3 heterocycles. The molecule has 1 aliphatic heterocycles. The van der Waals surface area contributed by atoms with E-state index in [2.05, 4.69) is 30.2 Å². The summed E-state index contributed by atoms with van der Waals surface area (Å²) in [5.74, 6) is -0.156. The molecular weight excluding hydrogens is 324 g/mol. The minimum absolute atomic E-state index is 0.0321. The number of carbonyl (C=O) groups excluding carboxylic acids is 2. The Morgan fingerprint density at radius 1 is 1.36 bits per heavy atom. The Hall–Kier alpha value is -2.84. The Bertz CT molecular complexity index is 775. The normalized spacial score (nSPS) is 16.9. The van der Waals surface area contributed by atoms with Crippen molar-refractivity contribution in [2.75, 3.05) is 6.54 Å². The van der Waals surface area contributed by atoms with Crippen molar-refractivity contribution in [1.82, 2.24) is 30.5 Å². The first kappa shape index (κ1) is 17.0. The van der Waals surface area contributed by atoms with Crippen LogP contribution in [-0.2, 0) is 22.6 Å². The first-order valence-electron chi connectivity index (χ1n) is 8.17. The lowest BCUT2D eigenvalue weighted by molar-refractivity contribution is -0.131. The standard InChI is InChI=1S/C16H20N6O3/c1-10-13(21-25-20-10)6-16(24)22-5-3-4-15(22)14-9-17-7-12(19-14)8-18-11(2)23/h7,9,15H,3-6,8H2,1-2H3,(H,18,23). The molecule has 9 nitrogen and oxygen atoms in total. The number of nitrogens with one attached hydrogen (secondary N) is 1. The first-order valence-corrected chi connectivity index (χ1v) is 8.17. The van der Waals surface area contributed by atoms with Crippen LogP contribution in [0.1, 0.15) is 48.6 Å². The van der Waals surface area contributed by atoms with Gasteiger partial charge in [-0.15, -0.1) is 0 Å². The Morgan fingerprint density at radius 2 is 2.20 bits per heavy atom. The number of aromatic nitrogens is 4. The second-order valence-corrected chi connectivity index (χ2v) is 6.06. The molecule has 1 atom stereocenters. The second kappa shape index (κ2) is 7.37. The SMILES string of the molecule is CC(=O)NCc1cncc(C2CCCN2C(=O)Cc2nonc2C)n1. The molecule has 0 saturated carbocycles. The Morgan fingerprint density at radius 3 is 2.92 bits per heavy atom. The zero-order valence-corrected chi connectivity index (χ0v) is 14.2. The van der Waals surface area contributed by atoms with E-state index in [-0.39, 0.29) is 24.3 Å². The molecule has 0 aliphatic carbocycles. The summed E-state index contributed by atoms with van der Waals surface area (Å²) in [4.78, 5) is 34.3. The van der Waals surface area contributed by atoms with Gasteiger partial charge >= 0.3 is 0 Å². The molecule has 1 saturated heterocycles. The van der Waals surface area contributed by atoms with Gasteiger partial charge in [0.05, 0.1) is 42.8 Å². The van der Waals surface area contributed by atoms with Gasteiger partial charge in [0.15, 0.2) is 0 Å². The van der Waals surface area contributed by atoms with E-state index >= 15 is 0 Å². The number of amides is 2. The van der Waals surface area contributed by atoms with Gasteiger partial charge in [-0.25, -0.2) is 4.63 Å². The van der Waals surface area contributed by atoms with E-state index in [1.165, 1.54) is 6.92 Å². The molecule has 1 N–H and O–H groups in total. The predicted octanol–water partition coefficient (Wildman–Crippen LogP) is 0.710. The summed E-state index contributed by atoms with van der Waals surface area (Å²) in [6.45, 7) is 4.21. The largest absolute Gasteiger partial charge is 0.351 e. The molecule has 1 fully saturated rings. The molecule has 3 rings (SSSR count). The van der Waals surface area contributed by atoms with Gasteiger partial charge in [0.25, 0.3) is 0 Å². The maximum absolute atomic E-state index is 12.7. The summed E-state index contributed by atoms with van der Waals surface area (Å²) in [5.41, 5.74) is 2.59. The molecule has 2 aromatic rings. The number of carbonyl (C=O) groups is 2. The van der Waals surface area contributed by atoms with Crippen molar-refractivity contribution in [3.63, 3.8) is 0 Å². The highest BCUT2D eigenvalue weighted by molar-refractivity contribution is 5.79. The second-order valence-electron chi connectivity index (χ2n) is 6.06. The fraction of sp³-hybridized carbons (Fsp3) is 0.500. The van der Waals surface area contributed by atoms with Crippen LogP contribution in [0.2, 0.25) is 0 Å². The molecule has 0 aromatic carbocycles. The lowest BCUT2D eigenvalue weighted by Gasteiger charge is -2.24. The van der Waals surface area contributed by atoms with Crippen LogP contribution < -0.4 is 5.32 Å². The van der Waals surface area contributed by atoms with Crippen molar-refractivity contribution in [2.24, 2.45) is 0 Å². The molecule has 25 heavy (non-hydrogen) atoms. The summed E-state index contributed by atoms with van der Waals surface area (Å²) in [6.07, 6.45) is 5.19. The fourth-order valence-corrected chi connectivity index (χ4v) is 2.91. The van der Waals surface area contributed by atoms with E-state index in [1.54, 1.807) is 24.2 Å². The molecule has 1 aliphatic rings. The molecule has 0 bridgehead atoms. The summed E-state index contributed by atoms with van der Waals surface area (Å²) >= 11 is 0. The third-order valence-corrected chi connectivity index (χ3v) is 4.20. The van der Waals surface area contributed by atoms with Gasteiger partial charge in [0, 0.05) is 13.5 Å². The highest BCUT2D eigenvalue weighted by Crippen LogP contribution is 2.31. The molecule has 2 aromatic heterocycles. The van der Waals surface area contributed by atoms with Crippen LogP contribution in [0.3, 0.4) is 0 Å². The summed E-state index contributed by atoms with van der Waals surface area (Å²) in [5, 5.41) is 10.2. The number of likely N-dealkylation sites (tertiary alicyclic amines) is 1. The molecule has 0 radical (unpaired) electrons.